The van der Waals surface area contributed by atoms with E-state index in [4.69, 9.17) is 0 Å². The van der Waals surface area contributed by atoms with Crippen LogP contribution in [-0.2, 0) is 10.8 Å². The Kier molecular flexibility index (Phi) is 3.67. The van der Waals surface area contributed by atoms with E-state index in [1.165, 1.54) is 0 Å². The highest BCUT2D eigenvalue weighted by Gasteiger charge is 2.24. The Morgan fingerprint density at radius 1 is 0.944 bits per heavy atom. The van der Waals surface area contributed by atoms with Crippen molar-refractivity contribution in [2.45, 2.75) is 59.3 Å². The van der Waals surface area contributed by atoms with Gasteiger partial charge in [-0.25, -0.2) is 0 Å². The summed E-state index contributed by atoms with van der Waals surface area (Å²) in [7, 11) is 0. The van der Waals surface area contributed by atoms with E-state index < -0.39 is 0 Å². The first-order chi connectivity index (χ1) is 7.94. The maximum absolute atomic E-state index is 10.3. The van der Waals surface area contributed by atoms with Crippen LogP contribution in [0.5, 0.6) is 5.75 Å². The van der Waals surface area contributed by atoms with Crippen LogP contribution in [-0.4, -0.2) is 5.11 Å². The molecule has 100 valence electrons. The molecule has 1 aromatic carbocycles. The largest absolute Gasteiger partial charge is 0.508 e. The van der Waals surface area contributed by atoms with E-state index >= 15 is 0 Å². The Labute approximate surface area is 112 Å². The van der Waals surface area contributed by atoms with E-state index in [1.807, 2.05) is 13.0 Å². The molecule has 0 aromatic heterocycles. The normalized spacial score (nSPS) is 12.6. The molecule has 0 aliphatic rings. The molecule has 0 unspecified atom stereocenters. The molecule has 0 radical (unpaired) electrons. The minimum Gasteiger partial charge on any atom is -0.508 e. The lowest BCUT2D eigenvalue weighted by atomic mass is 9.77. The molecular weight excluding hydrogens is 220 g/mol. The van der Waals surface area contributed by atoms with Gasteiger partial charge in [-0.15, -0.1) is 0 Å². The molecule has 1 nitrogen and oxygen atoms in total. The molecule has 0 saturated carbocycles. The lowest BCUT2D eigenvalue weighted by molar-refractivity contribution is 0.443. The molecule has 0 spiro atoms. The van der Waals surface area contributed by atoms with Crippen LogP contribution in [0.15, 0.2) is 18.7 Å². The molecule has 1 rings (SSSR count). The van der Waals surface area contributed by atoms with E-state index in [0.29, 0.717) is 5.75 Å². The summed E-state index contributed by atoms with van der Waals surface area (Å²) in [5.41, 5.74) is 4.28. The standard InChI is InChI=1S/C17H26O/c1-11(2)12-9-14(17(6,7)8)15(18)10-13(12)16(3,4)5/h9-10,18H,1H2,2-8H3. The summed E-state index contributed by atoms with van der Waals surface area (Å²) in [6.07, 6.45) is 0. The number of hydrogen-bond donors (Lipinski definition) is 1. The van der Waals surface area contributed by atoms with Crippen molar-refractivity contribution in [3.8, 4) is 5.75 Å². The average molecular weight is 246 g/mol. The summed E-state index contributed by atoms with van der Waals surface area (Å²) in [6, 6.07) is 4.00. The molecule has 0 atom stereocenters. The second kappa shape index (κ2) is 4.46. The zero-order chi connectivity index (χ0) is 14.3. The maximum atomic E-state index is 10.3. The van der Waals surface area contributed by atoms with Crippen LogP contribution in [0.4, 0.5) is 0 Å². The molecule has 1 aromatic rings. The van der Waals surface area contributed by atoms with Crippen molar-refractivity contribution >= 4 is 5.57 Å². The lowest BCUT2D eigenvalue weighted by Crippen LogP contribution is -2.17. The Morgan fingerprint density at radius 3 is 1.72 bits per heavy atom. The first kappa shape index (κ1) is 14.8. The smallest absolute Gasteiger partial charge is 0.119 e. The van der Waals surface area contributed by atoms with Gasteiger partial charge in [0.15, 0.2) is 0 Å². The summed E-state index contributed by atoms with van der Waals surface area (Å²) in [5.74, 6) is 0.387. The summed E-state index contributed by atoms with van der Waals surface area (Å²) < 4.78 is 0. The first-order valence-electron chi connectivity index (χ1n) is 6.48. The molecule has 0 aliphatic carbocycles. The molecule has 1 N–H and O–H groups in total. The third kappa shape index (κ3) is 2.95. The van der Waals surface area contributed by atoms with Crippen LogP contribution >= 0.6 is 0 Å². The van der Waals surface area contributed by atoms with Gasteiger partial charge in [-0.05, 0) is 46.6 Å². The van der Waals surface area contributed by atoms with Crippen LogP contribution in [0.3, 0.4) is 0 Å². The number of aromatic hydroxyl groups is 1. The van der Waals surface area contributed by atoms with Gasteiger partial charge in [-0.2, -0.15) is 0 Å². The van der Waals surface area contributed by atoms with E-state index in [-0.39, 0.29) is 10.8 Å². The van der Waals surface area contributed by atoms with Crippen LogP contribution < -0.4 is 0 Å². The first-order valence-corrected chi connectivity index (χ1v) is 6.48. The highest BCUT2D eigenvalue weighted by atomic mass is 16.3. The Hall–Kier alpha value is -1.24. The molecule has 0 amide bonds. The number of phenols is 1. The molecule has 1 heteroatoms. The molecule has 0 saturated heterocycles. The highest BCUT2D eigenvalue weighted by Crippen LogP contribution is 2.38. The molecule has 18 heavy (non-hydrogen) atoms. The third-order valence-corrected chi connectivity index (χ3v) is 3.21. The van der Waals surface area contributed by atoms with Gasteiger partial charge in [0.05, 0.1) is 0 Å². The number of benzene rings is 1. The van der Waals surface area contributed by atoms with Gasteiger partial charge in [0.25, 0.3) is 0 Å². The molecule has 0 aliphatic heterocycles. The minimum atomic E-state index is -0.0648. The number of allylic oxidation sites excluding steroid dienone is 1. The van der Waals surface area contributed by atoms with Gasteiger partial charge < -0.3 is 5.11 Å². The number of phenolic OH excluding ortho intramolecular Hbond substituents is 1. The summed E-state index contributed by atoms with van der Waals surface area (Å²) >= 11 is 0. The molecule has 0 bridgehead atoms. The van der Waals surface area contributed by atoms with Gasteiger partial charge in [0.1, 0.15) is 5.75 Å². The van der Waals surface area contributed by atoms with E-state index in [1.54, 1.807) is 0 Å². The second-order valence-electron chi connectivity index (χ2n) is 7.20. The number of hydrogen-bond acceptors (Lipinski definition) is 1. The average Bonchev–Trinajstić information content (AvgIpc) is 2.13. The van der Waals surface area contributed by atoms with Gasteiger partial charge in [-0.1, -0.05) is 53.7 Å². The fourth-order valence-corrected chi connectivity index (χ4v) is 2.16. The predicted molar refractivity (Wildman–Crippen MR) is 80.2 cm³/mol. The molecule has 0 fully saturated rings. The zero-order valence-corrected chi connectivity index (χ0v) is 12.8. The van der Waals surface area contributed by atoms with Crippen LogP contribution in [0, 0.1) is 0 Å². The van der Waals surface area contributed by atoms with Crippen molar-refractivity contribution in [3.63, 3.8) is 0 Å². The summed E-state index contributed by atoms with van der Waals surface area (Å²) in [4.78, 5) is 0. The fourth-order valence-electron chi connectivity index (χ4n) is 2.16. The zero-order valence-electron chi connectivity index (χ0n) is 12.8. The summed E-state index contributed by atoms with van der Waals surface area (Å²) in [5, 5.41) is 10.3. The van der Waals surface area contributed by atoms with Gasteiger partial charge in [0.2, 0.25) is 0 Å². The van der Waals surface area contributed by atoms with Gasteiger partial charge in [-0.3, -0.25) is 0 Å². The maximum Gasteiger partial charge on any atom is 0.119 e. The highest BCUT2D eigenvalue weighted by molar-refractivity contribution is 5.68. The van der Waals surface area contributed by atoms with Crippen molar-refractivity contribution < 1.29 is 5.11 Å². The van der Waals surface area contributed by atoms with Crippen LogP contribution in [0.1, 0.15) is 65.2 Å². The quantitative estimate of drug-likeness (QED) is 0.737. The predicted octanol–water partition coefficient (Wildman–Crippen LogP) is 5.02. The minimum absolute atomic E-state index is 0.00216. The van der Waals surface area contributed by atoms with Crippen LogP contribution in [0.25, 0.3) is 5.57 Å². The van der Waals surface area contributed by atoms with E-state index in [2.05, 4.69) is 54.2 Å². The van der Waals surface area contributed by atoms with E-state index in [9.17, 15) is 5.11 Å². The third-order valence-electron chi connectivity index (χ3n) is 3.21. The van der Waals surface area contributed by atoms with Crippen molar-refractivity contribution in [1.29, 1.82) is 0 Å². The van der Waals surface area contributed by atoms with Gasteiger partial charge >= 0.3 is 0 Å². The molecular formula is C17H26O. The Bertz CT molecular complexity index is 468. The van der Waals surface area contributed by atoms with Crippen molar-refractivity contribution in [2.24, 2.45) is 0 Å². The molecule has 0 heterocycles. The monoisotopic (exact) mass is 246 g/mol. The Balaban J connectivity index is 3.60. The van der Waals surface area contributed by atoms with Gasteiger partial charge in [0, 0.05) is 0 Å². The fraction of sp³-hybridized carbons (Fsp3) is 0.529. The lowest BCUT2D eigenvalue weighted by Gasteiger charge is -2.28. The SMILES string of the molecule is C=C(C)c1cc(C(C)(C)C)c(O)cc1C(C)(C)C. The van der Waals surface area contributed by atoms with Crippen molar-refractivity contribution in [2.75, 3.05) is 0 Å². The van der Waals surface area contributed by atoms with Crippen molar-refractivity contribution in [3.05, 3.63) is 35.4 Å². The second-order valence-corrected chi connectivity index (χ2v) is 7.20. The topological polar surface area (TPSA) is 20.2 Å². The number of rotatable bonds is 1. The summed E-state index contributed by atoms with van der Waals surface area (Å²) in [6.45, 7) is 18.9. The van der Waals surface area contributed by atoms with Crippen LogP contribution in [0.2, 0.25) is 0 Å². The van der Waals surface area contributed by atoms with Crippen molar-refractivity contribution in [1.82, 2.24) is 0 Å². The van der Waals surface area contributed by atoms with E-state index in [0.717, 1.165) is 22.3 Å². The Morgan fingerprint density at radius 2 is 1.39 bits per heavy atom.